The van der Waals surface area contributed by atoms with Crippen LogP contribution in [0.1, 0.15) is 56.0 Å². The highest BCUT2D eigenvalue weighted by atomic mass is 35.5. The summed E-state index contributed by atoms with van der Waals surface area (Å²) in [5.74, 6) is 1.64. The van der Waals surface area contributed by atoms with Gasteiger partial charge in [0.1, 0.15) is 5.82 Å². The summed E-state index contributed by atoms with van der Waals surface area (Å²) in [4.78, 5) is 12.6. The van der Waals surface area contributed by atoms with Gasteiger partial charge in [0.2, 0.25) is 5.91 Å². The predicted octanol–water partition coefficient (Wildman–Crippen LogP) is 4.57. The number of rotatable bonds is 6. The standard InChI is InChI=1S/C18H21ClN4OS/c1-10-3-6-13(19)9-15(10)20-17(24)11(2)25-18-22-21-16(12-4-5-12)23(18)14-7-8-14/h3,6,9,11-12,14H,4-5,7-8H2,1-2H3,(H,20,24). The van der Waals surface area contributed by atoms with Gasteiger partial charge in [0.25, 0.3) is 0 Å². The first kappa shape index (κ1) is 16.9. The van der Waals surface area contributed by atoms with E-state index < -0.39 is 0 Å². The van der Waals surface area contributed by atoms with E-state index in [-0.39, 0.29) is 11.2 Å². The fourth-order valence-electron chi connectivity index (χ4n) is 2.84. The Hall–Kier alpha value is -1.53. The molecule has 0 bridgehead atoms. The number of aryl methyl sites for hydroxylation is 1. The third-order valence-electron chi connectivity index (χ3n) is 4.65. The van der Waals surface area contributed by atoms with Crippen molar-refractivity contribution in [3.63, 3.8) is 0 Å². The van der Waals surface area contributed by atoms with Crippen LogP contribution in [0.25, 0.3) is 0 Å². The number of aromatic nitrogens is 3. The number of amides is 1. The molecule has 4 rings (SSSR count). The molecule has 132 valence electrons. The molecule has 1 amide bonds. The summed E-state index contributed by atoms with van der Waals surface area (Å²) in [6, 6.07) is 6.03. The molecule has 2 aliphatic carbocycles. The van der Waals surface area contributed by atoms with Crippen molar-refractivity contribution in [3.8, 4) is 0 Å². The van der Waals surface area contributed by atoms with Gasteiger partial charge in [-0.05, 0) is 57.2 Å². The van der Waals surface area contributed by atoms with Gasteiger partial charge in [-0.2, -0.15) is 0 Å². The summed E-state index contributed by atoms with van der Waals surface area (Å²) < 4.78 is 2.27. The molecule has 0 saturated heterocycles. The Balaban J connectivity index is 1.47. The summed E-state index contributed by atoms with van der Waals surface area (Å²) in [7, 11) is 0. The number of hydrogen-bond donors (Lipinski definition) is 1. The van der Waals surface area contributed by atoms with Crippen molar-refractivity contribution in [2.75, 3.05) is 5.32 Å². The lowest BCUT2D eigenvalue weighted by atomic mass is 10.2. The van der Waals surface area contributed by atoms with Gasteiger partial charge in [0, 0.05) is 22.7 Å². The van der Waals surface area contributed by atoms with Gasteiger partial charge in [-0.1, -0.05) is 29.4 Å². The highest BCUT2D eigenvalue weighted by Crippen LogP contribution is 2.46. The smallest absolute Gasteiger partial charge is 0.237 e. The zero-order chi connectivity index (χ0) is 17.6. The number of halogens is 1. The maximum absolute atomic E-state index is 12.6. The normalized spacial score (nSPS) is 18.2. The molecule has 1 aromatic heterocycles. The van der Waals surface area contributed by atoms with Crippen LogP contribution >= 0.6 is 23.4 Å². The second-order valence-corrected chi connectivity index (χ2v) is 8.67. The molecule has 2 fully saturated rings. The van der Waals surface area contributed by atoms with Gasteiger partial charge < -0.3 is 9.88 Å². The zero-order valence-corrected chi connectivity index (χ0v) is 15.9. The summed E-state index contributed by atoms with van der Waals surface area (Å²) >= 11 is 7.52. The Kier molecular flexibility index (Phi) is 4.50. The molecule has 0 spiro atoms. The number of hydrogen-bond acceptors (Lipinski definition) is 4. The van der Waals surface area contributed by atoms with Crippen molar-refractivity contribution in [1.82, 2.24) is 14.8 Å². The predicted molar refractivity (Wildman–Crippen MR) is 100 cm³/mol. The Morgan fingerprint density at radius 3 is 2.76 bits per heavy atom. The van der Waals surface area contributed by atoms with Crippen LogP contribution in [0.3, 0.4) is 0 Å². The number of anilines is 1. The molecule has 2 saturated carbocycles. The van der Waals surface area contributed by atoms with Gasteiger partial charge in [0.15, 0.2) is 5.16 Å². The highest BCUT2D eigenvalue weighted by molar-refractivity contribution is 8.00. The van der Waals surface area contributed by atoms with E-state index in [9.17, 15) is 4.79 Å². The average Bonchev–Trinajstić information content (AvgIpc) is 3.50. The van der Waals surface area contributed by atoms with Crippen LogP contribution in [0.5, 0.6) is 0 Å². The van der Waals surface area contributed by atoms with Crippen molar-refractivity contribution in [3.05, 3.63) is 34.6 Å². The quantitative estimate of drug-likeness (QED) is 0.750. The van der Waals surface area contributed by atoms with Crippen LogP contribution < -0.4 is 5.32 Å². The topological polar surface area (TPSA) is 59.8 Å². The Bertz CT molecular complexity index is 813. The minimum atomic E-state index is -0.257. The lowest BCUT2D eigenvalue weighted by Crippen LogP contribution is -2.23. The van der Waals surface area contributed by atoms with Gasteiger partial charge >= 0.3 is 0 Å². The molecule has 1 aromatic carbocycles. The van der Waals surface area contributed by atoms with Crippen molar-refractivity contribution in [2.45, 2.75) is 61.9 Å². The number of benzene rings is 1. The molecular formula is C18H21ClN4OS. The van der Waals surface area contributed by atoms with E-state index in [1.807, 2.05) is 26.0 Å². The Morgan fingerprint density at radius 1 is 1.32 bits per heavy atom. The first-order valence-electron chi connectivity index (χ1n) is 8.71. The van der Waals surface area contributed by atoms with Crippen molar-refractivity contribution in [1.29, 1.82) is 0 Å². The van der Waals surface area contributed by atoms with E-state index in [0.717, 1.165) is 22.2 Å². The van der Waals surface area contributed by atoms with Crippen molar-refractivity contribution < 1.29 is 4.79 Å². The van der Waals surface area contributed by atoms with Crippen LogP contribution in [-0.2, 0) is 4.79 Å². The van der Waals surface area contributed by atoms with Gasteiger partial charge in [0.05, 0.1) is 5.25 Å². The fourth-order valence-corrected chi connectivity index (χ4v) is 3.94. The summed E-state index contributed by atoms with van der Waals surface area (Å²) in [6.45, 7) is 3.86. The van der Waals surface area contributed by atoms with E-state index in [1.165, 1.54) is 37.4 Å². The van der Waals surface area contributed by atoms with Gasteiger partial charge in [-0.3, -0.25) is 4.79 Å². The van der Waals surface area contributed by atoms with E-state index in [2.05, 4.69) is 20.1 Å². The lowest BCUT2D eigenvalue weighted by molar-refractivity contribution is -0.115. The molecule has 5 nitrogen and oxygen atoms in total. The summed E-state index contributed by atoms with van der Waals surface area (Å²) in [5.41, 5.74) is 1.75. The molecule has 1 heterocycles. The third kappa shape index (κ3) is 3.70. The molecule has 7 heteroatoms. The van der Waals surface area contributed by atoms with Crippen molar-refractivity contribution in [2.24, 2.45) is 0 Å². The Labute approximate surface area is 156 Å². The van der Waals surface area contributed by atoms with Gasteiger partial charge in [-0.15, -0.1) is 10.2 Å². The maximum Gasteiger partial charge on any atom is 0.237 e. The minimum absolute atomic E-state index is 0.0475. The minimum Gasteiger partial charge on any atom is -0.325 e. The molecule has 0 aliphatic heterocycles. The Morgan fingerprint density at radius 2 is 2.08 bits per heavy atom. The first-order valence-corrected chi connectivity index (χ1v) is 9.97. The van der Waals surface area contributed by atoms with Crippen LogP contribution in [0.2, 0.25) is 5.02 Å². The molecule has 0 radical (unpaired) electrons. The van der Waals surface area contributed by atoms with Crippen LogP contribution in [0, 0.1) is 6.92 Å². The molecule has 25 heavy (non-hydrogen) atoms. The summed E-state index contributed by atoms with van der Waals surface area (Å²) in [6.07, 6.45) is 4.79. The number of nitrogens with one attached hydrogen (secondary N) is 1. The number of carbonyl (C=O) groups excluding carboxylic acids is 1. The maximum atomic E-state index is 12.6. The molecule has 1 atom stereocenters. The second kappa shape index (κ2) is 6.65. The average molecular weight is 377 g/mol. The van der Waals surface area contributed by atoms with E-state index in [4.69, 9.17) is 11.6 Å². The molecule has 1 unspecified atom stereocenters. The molecule has 1 N–H and O–H groups in total. The molecule has 2 aromatic rings. The monoisotopic (exact) mass is 376 g/mol. The van der Waals surface area contributed by atoms with Gasteiger partial charge in [-0.25, -0.2) is 0 Å². The summed E-state index contributed by atoms with van der Waals surface area (Å²) in [5, 5.41) is 13.0. The molecular weight excluding hydrogens is 356 g/mol. The third-order valence-corrected chi connectivity index (χ3v) is 5.95. The SMILES string of the molecule is Cc1ccc(Cl)cc1NC(=O)C(C)Sc1nnc(C2CC2)n1C1CC1. The fraction of sp³-hybridized carbons (Fsp3) is 0.500. The lowest BCUT2D eigenvalue weighted by Gasteiger charge is -2.14. The zero-order valence-electron chi connectivity index (χ0n) is 14.3. The van der Waals surface area contributed by atoms with Crippen LogP contribution in [0.4, 0.5) is 5.69 Å². The first-order chi connectivity index (χ1) is 12.0. The number of carbonyl (C=O) groups is 1. The van der Waals surface area contributed by atoms with Crippen LogP contribution in [-0.4, -0.2) is 25.9 Å². The van der Waals surface area contributed by atoms with E-state index in [0.29, 0.717) is 17.0 Å². The largest absolute Gasteiger partial charge is 0.325 e. The van der Waals surface area contributed by atoms with Crippen molar-refractivity contribution >= 4 is 35.0 Å². The van der Waals surface area contributed by atoms with E-state index >= 15 is 0 Å². The van der Waals surface area contributed by atoms with Crippen LogP contribution in [0.15, 0.2) is 23.4 Å². The second-order valence-electron chi connectivity index (χ2n) is 6.92. The van der Waals surface area contributed by atoms with E-state index in [1.54, 1.807) is 6.07 Å². The number of thioether (sulfide) groups is 1. The number of nitrogens with zero attached hydrogens (tertiary/aromatic N) is 3. The highest BCUT2D eigenvalue weighted by Gasteiger charge is 2.37. The molecule has 2 aliphatic rings.